The molecule has 0 saturated carbocycles. The van der Waals surface area contributed by atoms with E-state index in [4.69, 9.17) is 10.7 Å². The molecule has 0 bridgehead atoms. The van der Waals surface area contributed by atoms with Gasteiger partial charge in [0.25, 0.3) is 0 Å². The Balaban J connectivity index is 2.29. The Morgan fingerprint density at radius 3 is 2.35 bits per heavy atom. The van der Waals surface area contributed by atoms with Crippen molar-refractivity contribution in [1.82, 2.24) is 9.38 Å². The van der Waals surface area contributed by atoms with Crippen LogP contribution in [0.3, 0.4) is 0 Å². The van der Waals surface area contributed by atoms with Crippen LogP contribution < -0.4 is 5.73 Å². The molecule has 1 aromatic carbocycles. The summed E-state index contributed by atoms with van der Waals surface area (Å²) in [5.41, 5.74) is 14.7. The van der Waals surface area contributed by atoms with Crippen molar-refractivity contribution in [2.45, 2.75) is 27.7 Å². The minimum Gasteiger partial charge on any atom is -0.397 e. The SMILES string of the molecule is Cc1ccc(-c2nc3ccc(N)c(C)n3c2C)cc1C. The molecule has 2 heterocycles. The standard InChI is InChI=1S/C17H19N3/c1-10-5-6-14(9-11(10)2)17-13(4)20-12(3)15(18)7-8-16(20)19-17/h5-9H,18H2,1-4H3. The molecule has 0 atom stereocenters. The van der Waals surface area contributed by atoms with Crippen LogP contribution in [0, 0.1) is 27.7 Å². The lowest BCUT2D eigenvalue weighted by Crippen LogP contribution is -1.99. The molecule has 0 spiro atoms. The van der Waals surface area contributed by atoms with Crippen molar-refractivity contribution in [3.8, 4) is 11.3 Å². The fourth-order valence-corrected chi connectivity index (χ4v) is 2.63. The molecule has 0 unspecified atom stereocenters. The summed E-state index contributed by atoms with van der Waals surface area (Å²) in [6.07, 6.45) is 0. The van der Waals surface area contributed by atoms with E-state index in [1.54, 1.807) is 0 Å². The summed E-state index contributed by atoms with van der Waals surface area (Å²) in [5.74, 6) is 0. The lowest BCUT2D eigenvalue weighted by Gasteiger charge is -2.06. The molecule has 2 N–H and O–H groups in total. The summed E-state index contributed by atoms with van der Waals surface area (Å²) in [6.45, 7) is 8.38. The van der Waals surface area contributed by atoms with E-state index in [9.17, 15) is 0 Å². The summed E-state index contributed by atoms with van der Waals surface area (Å²) in [6, 6.07) is 10.4. The van der Waals surface area contributed by atoms with Crippen LogP contribution >= 0.6 is 0 Å². The topological polar surface area (TPSA) is 43.3 Å². The van der Waals surface area contributed by atoms with E-state index in [0.29, 0.717) is 0 Å². The van der Waals surface area contributed by atoms with Crippen LogP contribution in [0.4, 0.5) is 5.69 Å². The average molecular weight is 265 g/mol. The van der Waals surface area contributed by atoms with Crippen molar-refractivity contribution in [3.05, 3.63) is 52.8 Å². The van der Waals surface area contributed by atoms with E-state index in [-0.39, 0.29) is 0 Å². The molecule has 102 valence electrons. The summed E-state index contributed by atoms with van der Waals surface area (Å²) in [7, 11) is 0. The molecule has 0 saturated heterocycles. The molecule has 2 aromatic heterocycles. The molecule has 3 nitrogen and oxygen atoms in total. The minimum absolute atomic E-state index is 0.796. The fraction of sp³-hybridized carbons (Fsp3) is 0.235. The zero-order chi connectivity index (χ0) is 14.4. The lowest BCUT2D eigenvalue weighted by atomic mass is 10.0. The number of benzene rings is 1. The number of hydrogen-bond acceptors (Lipinski definition) is 2. The van der Waals surface area contributed by atoms with Crippen LogP contribution in [-0.2, 0) is 0 Å². The molecular formula is C17H19N3. The van der Waals surface area contributed by atoms with Crippen LogP contribution in [-0.4, -0.2) is 9.38 Å². The van der Waals surface area contributed by atoms with E-state index in [1.165, 1.54) is 11.1 Å². The highest BCUT2D eigenvalue weighted by Gasteiger charge is 2.13. The molecule has 0 amide bonds. The Morgan fingerprint density at radius 1 is 0.900 bits per heavy atom. The van der Waals surface area contributed by atoms with Crippen molar-refractivity contribution in [3.63, 3.8) is 0 Å². The second-order valence-corrected chi connectivity index (χ2v) is 5.41. The van der Waals surface area contributed by atoms with Crippen molar-refractivity contribution >= 4 is 11.3 Å². The number of aromatic nitrogens is 2. The first-order valence-electron chi connectivity index (χ1n) is 6.81. The molecule has 0 fully saturated rings. The third kappa shape index (κ3) is 1.78. The second kappa shape index (κ2) is 4.37. The molecule has 0 aliphatic rings. The largest absolute Gasteiger partial charge is 0.397 e. The molecule has 3 rings (SSSR count). The van der Waals surface area contributed by atoms with Gasteiger partial charge in [-0.2, -0.15) is 0 Å². The maximum Gasteiger partial charge on any atom is 0.138 e. The lowest BCUT2D eigenvalue weighted by molar-refractivity contribution is 1.04. The van der Waals surface area contributed by atoms with Gasteiger partial charge in [0, 0.05) is 17.0 Å². The third-order valence-electron chi connectivity index (χ3n) is 4.08. The minimum atomic E-state index is 0.796. The number of nitrogens with two attached hydrogens (primary N) is 1. The van der Waals surface area contributed by atoms with Crippen LogP contribution in [0.25, 0.3) is 16.9 Å². The van der Waals surface area contributed by atoms with Crippen molar-refractivity contribution in [1.29, 1.82) is 0 Å². The van der Waals surface area contributed by atoms with Gasteiger partial charge in [0.15, 0.2) is 0 Å². The predicted octanol–water partition coefficient (Wildman–Crippen LogP) is 3.82. The van der Waals surface area contributed by atoms with Gasteiger partial charge in [-0.1, -0.05) is 12.1 Å². The normalized spacial score (nSPS) is 11.2. The van der Waals surface area contributed by atoms with Gasteiger partial charge in [0.2, 0.25) is 0 Å². The molecule has 20 heavy (non-hydrogen) atoms. The van der Waals surface area contributed by atoms with E-state index >= 15 is 0 Å². The summed E-state index contributed by atoms with van der Waals surface area (Å²) < 4.78 is 2.12. The van der Waals surface area contributed by atoms with Crippen LogP contribution in [0.5, 0.6) is 0 Å². The number of nitrogens with zero attached hydrogens (tertiary/aromatic N) is 2. The first-order chi connectivity index (χ1) is 9.49. The van der Waals surface area contributed by atoms with Gasteiger partial charge in [0.1, 0.15) is 5.65 Å². The van der Waals surface area contributed by atoms with E-state index in [1.807, 2.05) is 19.1 Å². The quantitative estimate of drug-likeness (QED) is 0.727. The second-order valence-electron chi connectivity index (χ2n) is 5.41. The Kier molecular flexibility index (Phi) is 2.78. The third-order valence-corrected chi connectivity index (χ3v) is 4.08. The molecule has 0 radical (unpaired) electrons. The highest BCUT2D eigenvalue weighted by Crippen LogP contribution is 2.27. The van der Waals surface area contributed by atoms with E-state index in [2.05, 4.69) is 43.4 Å². The van der Waals surface area contributed by atoms with Crippen LogP contribution in [0.15, 0.2) is 30.3 Å². The molecule has 3 heteroatoms. The van der Waals surface area contributed by atoms with E-state index < -0.39 is 0 Å². The summed E-state index contributed by atoms with van der Waals surface area (Å²) >= 11 is 0. The van der Waals surface area contributed by atoms with Gasteiger partial charge in [-0.25, -0.2) is 4.98 Å². The van der Waals surface area contributed by atoms with Gasteiger partial charge in [0.05, 0.1) is 11.4 Å². The average Bonchev–Trinajstić information content (AvgIpc) is 2.75. The zero-order valence-electron chi connectivity index (χ0n) is 12.4. The highest BCUT2D eigenvalue weighted by atomic mass is 15.0. The maximum absolute atomic E-state index is 6.00. The monoisotopic (exact) mass is 265 g/mol. The van der Waals surface area contributed by atoms with E-state index in [0.717, 1.165) is 34.0 Å². The number of rotatable bonds is 1. The number of pyridine rings is 1. The number of nitrogen functional groups attached to an aromatic ring is 1. The van der Waals surface area contributed by atoms with Gasteiger partial charge >= 0.3 is 0 Å². The Bertz CT molecular complexity index is 813. The van der Waals surface area contributed by atoms with Crippen molar-refractivity contribution < 1.29 is 0 Å². The highest BCUT2D eigenvalue weighted by molar-refractivity contribution is 5.69. The first kappa shape index (κ1) is 12.7. The summed E-state index contributed by atoms with van der Waals surface area (Å²) in [4.78, 5) is 4.76. The van der Waals surface area contributed by atoms with Gasteiger partial charge in [-0.05, 0) is 57.0 Å². The van der Waals surface area contributed by atoms with Crippen molar-refractivity contribution in [2.75, 3.05) is 5.73 Å². The Labute approximate surface area is 119 Å². The van der Waals surface area contributed by atoms with Gasteiger partial charge in [-0.3, -0.25) is 4.40 Å². The number of aryl methyl sites for hydroxylation is 4. The number of fused-ring (bicyclic) bond motifs is 1. The Hall–Kier alpha value is -2.29. The molecule has 0 aliphatic heterocycles. The fourth-order valence-electron chi connectivity index (χ4n) is 2.63. The first-order valence-corrected chi connectivity index (χ1v) is 6.81. The van der Waals surface area contributed by atoms with Crippen LogP contribution in [0.1, 0.15) is 22.5 Å². The molecular weight excluding hydrogens is 246 g/mol. The number of anilines is 1. The molecule has 3 aromatic rings. The van der Waals surface area contributed by atoms with Crippen LogP contribution in [0.2, 0.25) is 0 Å². The van der Waals surface area contributed by atoms with Gasteiger partial charge < -0.3 is 5.73 Å². The molecule has 0 aliphatic carbocycles. The summed E-state index contributed by atoms with van der Waals surface area (Å²) in [5, 5.41) is 0. The zero-order valence-corrected chi connectivity index (χ0v) is 12.4. The number of imidazole rings is 1. The number of hydrogen-bond donors (Lipinski definition) is 1. The van der Waals surface area contributed by atoms with Crippen molar-refractivity contribution in [2.24, 2.45) is 0 Å². The van der Waals surface area contributed by atoms with Gasteiger partial charge in [-0.15, -0.1) is 0 Å². The maximum atomic E-state index is 6.00. The Morgan fingerprint density at radius 2 is 1.65 bits per heavy atom. The smallest absolute Gasteiger partial charge is 0.138 e. The predicted molar refractivity (Wildman–Crippen MR) is 84.0 cm³/mol.